The number of amides is 1. The number of hydrogen-bond donors (Lipinski definition) is 0. The normalized spacial score (nSPS) is 22.9. The highest BCUT2D eigenvalue weighted by atomic mass is 16.5. The second kappa shape index (κ2) is 5.81. The third-order valence-corrected chi connectivity index (χ3v) is 2.66. The third-order valence-electron chi connectivity index (χ3n) is 2.66. The average molecular weight is 197 g/mol. The van der Waals surface area contributed by atoms with Gasteiger partial charge in [-0.25, -0.2) is 0 Å². The Balaban J connectivity index is 2.60. The van der Waals surface area contributed by atoms with Crippen LogP contribution in [0.2, 0.25) is 0 Å². The predicted octanol–water partition coefficient (Wildman–Crippen LogP) is 1.59. The van der Waals surface area contributed by atoms with Crippen molar-refractivity contribution in [2.75, 3.05) is 20.3 Å². The summed E-state index contributed by atoms with van der Waals surface area (Å²) >= 11 is 0. The molecule has 1 aliphatic rings. The van der Waals surface area contributed by atoms with E-state index in [1.54, 1.807) is 7.11 Å². The molecule has 0 bridgehead atoms. The molecule has 1 saturated heterocycles. The Bertz CT molecular complexity index is 203. The van der Waals surface area contributed by atoms with Gasteiger partial charge in [0.15, 0.2) is 0 Å². The van der Waals surface area contributed by atoms with Crippen molar-refractivity contribution in [1.29, 1.82) is 0 Å². The van der Waals surface area contributed by atoms with Crippen LogP contribution in [0.4, 0.5) is 0 Å². The summed E-state index contributed by atoms with van der Waals surface area (Å²) in [5, 5.41) is 0. The lowest BCUT2D eigenvalue weighted by atomic mass is 10.1. The van der Waals surface area contributed by atoms with Gasteiger partial charge in [0.05, 0.1) is 0 Å². The molecule has 1 amide bonds. The van der Waals surface area contributed by atoms with Crippen LogP contribution in [0.5, 0.6) is 0 Å². The average Bonchev–Trinajstić information content (AvgIpc) is 2.42. The Kier molecular flexibility index (Phi) is 4.66. The minimum absolute atomic E-state index is 0.0827. The zero-order valence-electron chi connectivity index (χ0n) is 8.87. The van der Waals surface area contributed by atoms with Crippen LogP contribution < -0.4 is 0 Å². The summed E-state index contributed by atoms with van der Waals surface area (Å²) in [5.41, 5.74) is 0. The van der Waals surface area contributed by atoms with E-state index in [0.29, 0.717) is 0 Å². The molecule has 1 unspecified atom stereocenters. The molecule has 0 aromatic rings. The number of carbonyl (C=O) groups excluding carboxylic acids is 1. The molecular weight excluding hydrogens is 178 g/mol. The number of carbonyl (C=O) groups is 1. The van der Waals surface area contributed by atoms with Gasteiger partial charge in [-0.3, -0.25) is 4.79 Å². The van der Waals surface area contributed by atoms with Gasteiger partial charge in [-0.15, -0.1) is 6.58 Å². The summed E-state index contributed by atoms with van der Waals surface area (Å²) in [6.45, 7) is 4.82. The van der Waals surface area contributed by atoms with Gasteiger partial charge in [0, 0.05) is 19.7 Å². The Morgan fingerprint density at radius 1 is 1.57 bits per heavy atom. The van der Waals surface area contributed by atoms with Crippen molar-refractivity contribution in [3.63, 3.8) is 0 Å². The van der Waals surface area contributed by atoms with Crippen molar-refractivity contribution >= 4 is 5.91 Å². The highest BCUT2D eigenvalue weighted by Gasteiger charge is 2.22. The van der Waals surface area contributed by atoms with E-state index >= 15 is 0 Å². The molecule has 0 aromatic carbocycles. The molecule has 80 valence electrons. The van der Waals surface area contributed by atoms with Gasteiger partial charge in [0.2, 0.25) is 5.91 Å². The van der Waals surface area contributed by atoms with E-state index in [-0.39, 0.29) is 18.6 Å². The second-order valence-electron chi connectivity index (χ2n) is 3.67. The van der Waals surface area contributed by atoms with Gasteiger partial charge in [0.25, 0.3) is 0 Å². The molecule has 0 spiro atoms. The molecule has 0 N–H and O–H groups in total. The molecule has 0 aliphatic carbocycles. The quantitative estimate of drug-likeness (QED) is 0.643. The molecule has 0 radical (unpaired) electrons. The first-order valence-electron chi connectivity index (χ1n) is 5.20. The van der Waals surface area contributed by atoms with Gasteiger partial charge in [0.1, 0.15) is 6.61 Å². The first kappa shape index (κ1) is 11.2. The van der Waals surface area contributed by atoms with E-state index in [1.807, 2.05) is 11.0 Å². The molecular formula is C11H19NO2. The predicted molar refractivity (Wildman–Crippen MR) is 56.0 cm³/mol. The lowest BCUT2D eigenvalue weighted by Gasteiger charge is -2.27. The molecule has 1 heterocycles. The van der Waals surface area contributed by atoms with Crippen molar-refractivity contribution < 1.29 is 9.53 Å². The molecule has 1 aliphatic heterocycles. The van der Waals surface area contributed by atoms with Crippen LogP contribution in [0.3, 0.4) is 0 Å². The standard InChI is InChI=1S/C11H19NO2/c1-3-10-7-5-4-6-8-12(10)11(13)9-14-2/h3,10H,1,4-9H2,2H3. The first-order valence-corrected chi connectivity index (χ1v) is 5.20. The lowest BCUT2D eigenvalue weighted by molar-refractivity contribution is -0.136. The van der Waals surface area contributed by atoms with Crippen LogP contribution in [0.25, 0.3) is 0 Å². The van der Waals surface area contributed by atoms with Crippen LogP contribution >= 0.6 is 0 Å². The minimum Gasteiger partial charge on any atom is -0.375 e. The van der Waals surface area contributed by atoms with Gasteiger partial charge in [-0.2, -0.15) is 0 Å². The van der Waals surface area contributed by atoms with E-state index in [1.165, 1.54) is 12.8 Å². The lowest BCUT2D eigenvalue weighted by Crippen LogP contribution is -2.40. The maximum atomic E-state index is 11.7. The Hall–Kier alpha value is -0.830. The van der Waals surface area contributed by atoms with Crippen molar-refractivity contribution in [3.8, 4) is 0 Å². The zero-order chi connectivity index (χ0) is 10.4. The molecule has 1 fully saturated rings. The molecule has 0 aromatic heterocycles. The molecule has 0 saturated carbocycles. The first-order chi connectivity index (χ1) is 6.79. The number of likely N-dealkylation sites (tertiary alicyclic amines) is 1. The van der Waals surface area contributed by atoms with Gasteiger partial charge in [-0.05, 0) is 12.8 Å². The Labute approximate surface area is 85.7 Å². The monoisotopic (exact) mass is 197 g/mol. The van der Waals surface area contributed by atoms with Crippen LogP contribution in [0.1, 0.15) is 25.7 Å². The SMILES string of the molecule is C=CC1CCCCCN1C(=O)COC. The van der Waals surface area contributed by atoms with Gasteiger partial charge >= 0.3 is 0 Å². The fraction of sp³-hybridized carbons (Fsp3) is 0.727. The highest BCUT2D eigenvalue weighted by Crippen LogP contribution is 2.17. The number of methoxy groups -OCH3 is 1. The maximum absolute atomic E-state index is 11.7. The highest BCUT2D eigenvalue weighted by molar-refractivity contribution is 5.78. The minimum atomic E-state index is 0.0827. The fourth-order valence-corrected chi connectivity index (χ4v) is 1.90. The molecule has 3 heteroatoms. The number of nitrogens with zero attached hydrogens (tertiary/aromatic N) is 1. The summed E-state index contributed by atoms with van der Waals surface area (Å²) in [6, 6.07) is 0.208. The van der Waals surface area contributed by atoms with E-state index in [0.717, 1.165) is 19.4 Å². The van der Waals surface area contributed by atoms with E-state index < -0.39 is 0 Å². The number of hydrogen-bond acceptors (Lipinski definition) is 2. The summed E-state index contributed by atoms with van der Waals surface area (Å²) in [6.07, 6.45) is 6.41. The maximum Gasteiger partial charge on any atom is 0.249 e. The van der Waals surface area contributed by atoms with Crippen molar-refractivity contribution in [3.05, 3.63) is 12.7 Å². The van der Waals surface area contributed by atoms with Gasteiger partial charge < -0.3 is 9.64 Å². The topological polar surface area (TPSA) is 29.5 Å². The van der Waals surface area contributed by atoms with E-state index in [9.17, 15) is 4.79 Å². The van der Waals surface area contributed by atoms with Crippen LogP contribution in [-0.2, 0) is 9.53 Å². The third kappa shape index (κ3) is 2.84. The van der Waals surface area contributed by atoms with Gasteiger partial charge in [-0.1, -0.05) is 18.9 Å². The molecule has 3 nitrogen and oxygen atoms in total. The van der Waals surface area contributed by atoms with Crippen molar-refractivity contribution in [2.45, 2.75) is 31.7 Å². The molecule has 1 rings (SSSR count). The Morgan fingerprint density at radius 3 is 3.00 bits per heavy atom. The summed E-state index contributed by atoms with van der Waals surface area (Å²) in [4.78, 5) is 13.6. The van der Waals surface area contributed by atoms with Crippen LogP contribution in [-0.4, -0.2) is 37.1 Å². The largest absolute Gasteiger partial charge is 0.375 e. The van der Waals surface area contributed by atoms with Crippen LogP contribution in [0.15, 0.2) is 12.7 Å². The smallest absolute Gasteiger partial charge is 0.249 e. The van der Waals surface area contributed by atoms with Crippen LogP contribution in [0, 0.1) is 0 Å². The Morgan fingerprint density at radius 2 is 2.36 bits per heavy atom. The summed E-state index contributed by atoms with van der Waals surface area (Å²) in [7, 11) is 1.55. The number of rotatable bonds is 3. The molecule has 1 atom stereocenters. The zero-order valence-corrected chi connectivity index (χ0v) is 8.87. The van der Waals surface area contributed by atoms with Crippen molar-refractivity contribution in [2.24, 2.45) is 0 Å². The van der Waals surface area contributed by atoms with Crippen molar-refractivity contribution in [1.82, 2.24) is 4.90 Å². The number of ether oxygens (including phenoxy) is 1. The second-order valence-corrected chi connectivity index (χ2v) is 3.67. The fourth-order valence-electron chi connectivity index (χ4n) is 1.90. The summed E-state index contributed by atoms with van der Waals surface area (Å²) < 4.78 is 4.86. The molecule has 14 heavy (non-hydrogen) atoms. The van der Waals surface area contributed by atoms with E-state index in [4.69, 9.17) is 4.74 Å². The summed E-state index contributed by atoms with van der Waals surface area (Å²) in [5.74, 6) is 0.0827. The van der Waals surface area contributed by atoms with E-state index in [2.05, 4.69) is 6.58 Å².